The number of hydrogen-bond acceptors (Lipinski definition) is 3. The fourth-order valence-corrected chi connectivity index (χ4v) is 1.50. The largest absolute Gasteiger partial charge is 0.372 e. The number of carbonyl (C=O) groups is 2. The Balaban J connectivity index is 3.93. The molecule has 0 spiro atoms. The fraction of sp³-hybridized carbons (Fsp3) is 0.857. The van der Waals surface area contributed by atoms with Crippen LogP contribution in [0.4, 0.5) is 0 Å². The second kappa shape index (κ2) is 7.52. The highest BCUT2D eigenvalue weighted by Crippen LogP contribution is 2.17. The smallest absolute Gasteiger partial charge is 0.246 e. The highest BCUT2D eigenvalue weighted by atomic mass is 16.5. The maximum absolute atomic E-state index is 11.6. The summed E-state index contributed by atoms with van der Waals surface area (Å²) in [6, 6.07) is -0.413. The topological polar surface area (TPSA) is 55.4 Å². The summed E-state index contributed by atoms with van der Waals surface area (Å²) in [7, 11) is 0. The lowest BCUT2D eigenvalue weighted by molar-refractivity contribution is -0.131. The Morgan fingerprint density at radius 2 is 1.78 bits per heavy atom. The minimum atomic E-state index is -0.413. The van der Waals surface area contributed by atoms with Gasteiger partial charge in [-0.25, -0.2) is 0 Å². The molecule has 0 bridgehead atoms. The number of amides is 1. The normalized spacial score (nSPS) is 13.5. The summed E-state index contributed by atoms with van der Waals surface area (Å²) in [5.74, 6) is -0.146. The highest BCUT2D eigenvalue weighted by molar-refractivity contribution is 5.88. The van der Waals surface area contributed by atoms with Crippen LogP contribution < -0.4 is 5.32 Å². The molecule has 4 nitrogen and oxygen atoms in total. The first kappa shape index (κ1) is 17.1. The van der Waals surface area contributed by atoms with E-state index in [1.54, 1.807) is 0 Å². The van der Waals surface area contributed by atoms with Crippen LogP contribution in [0.1, 0.15) is 48.0 Å². The molecule has 0 rings (SSSR count). The van der Waals surface area contributed by atoms with E-state index in [0.29, 0.717) is 6.61 Å². The van der Waals surface area contributed by atoms with E-state index in [9.17, 15) is 9.59 Å². The lowest BCUT2D eigenvalue weighted by Gasteiger charge is -2.20. The van der Waals surface area contributed by atoms with Crippen molar-refractivity contribution >= 4 is 11.7 Å². The molecule has 1 atom stereocenters. The molecule has 18 heavy (non-hydrogen) atoms. The van der Waals surface area contributed by atoms with E-state index in [1.807, 2.05) is 13.8 Å². The van der Waals surface area contributed by atoms with E-state index in [0.717, 1.165) is 6.42 Å². The third-order valence-electron chi connectivity index (χ3n) is 2.65. The van der Waals surface area contributed by atoms with E-state index in [1.165, 1.54) is 6.92 Å². The first-order valence-corrected chi connectivity index (χ1v) is 6.51. The maximum Gasteiger partial charge on any atom is 0.246 e. The zero-order valence-corrected chi connectivity index (χ0v) is 12.5. The monoisotopic (exact) mass is 257 g/mol. The third-order valence-corrected chi connectivity index (χ3v) is 2.65. The number of ketones is 1. The Morgan fingerprint density at radius 3 is 2.17 bits per heavy atom. The summed E-state index contributed by atoms with van der Waals surface area (Å²) in [6.45, 7) is 12.3. The molecule has 0 aliphatic carbocycles. The standard InChI is InChI=1S/C14H27NO3/c1-10(2)13(11(3)16)15-12(17)9-18-8-7-14(4,5)6/h10,13H,7-9H2,1-6H3,(H,15,17). The second-order valence-electron chi connectivity index (χ2n) is 6.26. The van der Waals surface area contributed by atoms with Gasteiger partial charge in [0.15, 0.2) is 5.78 Å². The van der Waals surface area contributed by atoms with Crippen molar-refractivity contribution in [3.05, 3.63) is 0 Å². The van der Waals surface area contributed by atoms with E-state index in [-0.39, 0.29) is 29.6 Å². The molecule has 0 radical (unpaired) electrons. The molecule has 0 aromatic rings. The van der Waals surface area contributed by atoms with Crippen LogP contribution in [-0.2, 0) is 14.3 Å². The summed E-state index contributed by atoms with van der Waals surface area (Å²) >= 11 is 0. The quantitative estimate of drug-likeness (QED) is 0.711. The lowest BCUT2D eigenvalue weighted by atomic mass is 9.93. The van der Waals surface area contributed by atoms with Crippen LogP contribution in [0.15, 0.2) is 0 Å². The van der Waals surface area contributed by atoms with Gasteiger partial charge in [-0.2, -0.15) is 0 Å². The van der Waals surface area contributed by atoms with Crippen LogP contribution in [0.5, 0.6) is 0 Å². The summed E-state index contributed by atoms with van der Waals surface area (Å²) in [6.07, 6.45) is 0.903. The Hall–Kier alpha value is -0.900. The zero-order chi connectivity index (χ0) is 14.3. The van der Waals surface area contributed by atoms with Crippen molar-refractivity contribution in [1.29, 1.82) is 0 Å². The Bertz CT molecular complexity index is 279. The first-order valence-electron chi connectivity index (χ1n) is 6.51. The van der Waals surface area contributed by atoms with Crippen LogP contribution >= 0.6 is 0 Å². The average molecular weight is 257 g/mol. The molecule has 106 valence electrons. The Morgan fingerprint density at radius 1 is 1.22 bits per heavy atom. The van der Waals surface area contributed by atoms with Crippen LogP contribution in [0.3, 0.4) is 0 Å². The summed E-state index contributed by atoms with van der Waals surface area (Å²) in [5, 5.41) is 2.70. The van der Waals surface area contributed by atoms with Crippen molar-refractivity contribution in [2.24, 2.45) is 11.3 Å². The predicted octanol–water partition coefficient (Wildman–Crippen LogP) is 2.17. The number of hydrogen-bond donors (Lipinski definition) is 1. The molecule has 0 aromatic heterocycles. The summed E-state index contributed by atoms with van der Waals surface area (Å²) in [5.41, 5.74) is 0.205. The molecule has 0 heterocycles. The summed E-state index contributed by atoms with van der Waals surface area (Å²) < 4.78 is 5.31. The molecule has 0 aliphatic heterocycles. The third kappa shape index (κ3) is 8.23. The van der Waals surface area contributed by atoms with Gasteiger partial charge in [0.2, 0.25) is 5.91 Å². The van der Waals surface area contributed by atoms with Gasteiger partial charge in [0.25, 0.3) is 0 Å². The molecule has 1 N–H and O–H groups in total. The van der Waals surface area contributed by atoms with Crippen molar-refractivity contribution in [2.45, 2.75) is 54.0 Å². The highest BCUT2D eigenvalue weighted by Gasteiger charge is 2.20. The van der Waals surface area contributed by atoms with Gasteiger partial charge in [0.1, 0.15) is 6.61 Å². The van der Waals surface area contributed by atoms with Gasteiger partial charge in [0.05, 0.1) is 6.04 Å². The van der Waals surface area contributed by atoms with E-state index >= 15 is 0 Å². The number of carbonyl (C=O) groups excluding carboxylic acids is 2. The predicted molar refractivity (Wildman–Crippen MR) is 72.3 cm³/mol. The average Bonchev–Trinajstić information content (AvgIpc) is 2.18. The Kier molecular flexibility index (Phi) is 7.14. The number of nitrogens with one attached hydrogen (secondary N) is 1. The van der Waals surface area contributed by atoms with Crippen molar-refractivity contribution in [2.75, 3.05) is 13.2 Å². The van der Waals surface area contributed by atoms with Crippen molar-refractivity contribution in [3.8, 4) is 0 Å². The van der Waals surface area contributed by atoms with Gasteiger partial charge < -0.3 is 10.1 Å². The molecule has 0 fully saturated rings. The van der Waals surface area contributed by atoms with Gasteiger partial charge in [-0.05, 0) is 24.7 Å². The molecule has 4 heteroatoms. The maximum atomic E-state index is 11.6. The van der Waals surface area contributed by atoms with Gasteiger partial charge in [0, 0.05) is 6.61 Å². The van der Waals surface area contributed by atoms with E-state index < -0.39 is 6.04 Å². The SMILES string of the molecule is CC(=O)C(NC(=O)COCCC(C)(C)C)C(C)C. The van der Waals surface area contributed by atoms with Crippen LogP contribution in [0, 0.1) is 11.3 Å². The molecule has 0 aliphatic rings. The van der Waals surface area contributed by atoms with E-state index in [2.05, 4.69) is 26.1 Å². The number of rotatable bonds is 7. The van der Waals surface area contributed by atoms with Gasteiger partial charge >= 0.3 is 0 Å². The summed E-state index contributed by atoms with van der Waals surface area (Å²) in [4.78, 5) is 22.9. The van der Waals surface area contributed by atoms with Crippen LogP contribution in [0.25, 0.3) is 0 Å². The van der Waals surface area contributed by atoms with Crippen molar-refractivity contribution in [3.63, 3.8) is 0 Å². The molecular weight excluding hydrogens is 230 g/mol. The first-order chi connectivity index (χ1) is 8.13. The fourth-order valence-electron chi connectivity index (χ4n) is 1.50. The molecule has 1 amide bonds. The minimum absolute atomic E-state index is 0.0203. The molecular formula is C14H27NO3. The number of Topliss-reactive ketones (excluding diaryl/α,β-unsaturated/α-hetero) is 1. The van der Waals surface area contributed by atoms with Crippen LogP contribution in [0.2, 0.25) is 0 Å². The molecule has 0 saturated heterocycles. The van der Waals surface area contributed by atoms with Gasteiger partial charge in [-0.3, -0.25) is 9.59 Å². The van der Waals surface area contributed by atoms with Crippen LogP contribution in [-0.4, -0.2) is 30.9 Å². The molecule has 1 unspecified atom stereocenters. The molecule has 0 aromatic carbocycles. The number of ether oxygens (including phenoxy) is 1. The minimum Gasteiger partial charge on any atom is -0.372 e. The van der Waals surface area contributed by atoms with Gasteiger partial charge in [-0.1, -0.05) is 34.6 Å². The van der Waals surface area contributed by atoms with E-state index in [4.69, 9.17) is 4.74 Å². The molecule has 0 saturated carbocycles. The lowest BCUT2D eigenvalue weighted by Crippen LogP contribution is -2.44. The zero-order valence-electron chi connectivity index (χ0n) is 12.5. The van der Waals surface area contributed by atoms with Gasteiger partial charge in [-0.15, -0.1) is 0 Å². The Labute approximate surface area is 110 Å². The second-order valence-corrected chi connectivity index (χ2v) is 6.26. The van der Waals surface area contributed by atoms with Crippen molar-refractivity contribution < 1.29 is 14.3 Å². The van der Waals surface area contributed by atoms with Crippen molar-refractivity contribution in [1.82, 2.24) is 5.32 Å².